The molecule has 12 nitrogen and oxygen atoms in total. The molecule has 38 heavy (non-hydrogen) atoms. The molecule has 12 heteroatoms. The summed E-state index contributed by atoms with van der Waals surface area (Å²) in [6.45, 7) is 1.87. The first-order valence-electron chi connectivity index (χ1n) is 12.0. The van der Waals surface area contributed by atoms with Crippen molar-refractivity contribution in [2.24, 2.45) is 5.73 Å². The van der Waals surface area contributed by atoms with Gasteiger partial charge in [0.15, 0.2) is 17.8 Å². The summed E-state index contributed by atoms with van der Waals surface area (Å²) in [4.78, 5) is 50.8. The number of aromatic nitrogens is 5. The minimum atomic E-state index is -0.803. The standard InChI is InChI=1S/C26H26N8O4/c1-3-5-12-32-22-23(30-25(32)31-11-7-9-19(28)15-31)33(17-21(35)38-13-4-2)26(37)34(24(22)36)16-20-18(14-27)8-6-10-29-20/h2,6,8,10,19H,7,9,11-13,15-17,28H2,1H3. The molecular formula is C26H26N8O4. The summed E-state index contributed by atoms with van der Waals surface area (Å²) in [5, 5.41) is 9.49. The maximum Gasteiger partial charge on any atom is 0.333 e. The minimum absolute atomic E-state index is 0.0162. The summed E-state index contributed by atoms with van der Waals surface area (Å²) < 4.78 is 8.64. The summed E-state index contributed by atoms with van der Waals surface area (Å²) in [6.07, 6.45) is 8.34. The van der Waals surface area contributed by atoms with Gasteiger partial charge in [0.2, 0.25) is 5.95 Å². The van der Waals surface area contributed by atoms with Gasteiger partial charge in [0, 0.05) is 25.3 Å². The lowest BCUT2D eigenvalue weighted by molar-refractivity contribution is -0.142. The predicted molar refractivity (Wildman–Crippen MR) is 139 cm³/mol. The maximum atomic E-state index is 13.9. The summed E-state index contributed by atoms with van der Waals surface area (Å²) in [5.74, 6) is 7.65. The van der Waals surface area contributed by atoms with E-state index in [2.05, 4.69) is 27.7 Å². The zero-order chi connectivity index (χ0) is 27.2. The number of terminal acetylenes is 1. The molecule has 2 N–H and O–H groups in total. The molecule has 194 valence electrons. The topological polar surface area (TPSA) is 154 Å². The zero-order valence-electron chi connectivity index (χ0n) is 20.9. The van der Waals surface area contributed by atoms with Crippen molar-refractivity contribution in [1.82, 2.24) is 23.7 Å². The minimum Gasteiger partial charge on any atom is -0.451 e. The van der Waals surface area contributed by atoms with Crippen LogP contribution in [0.3, 0.4) is 0 Å². The van der Waals surface area contributed by atoms with Gasteiger partial charge in [0.25, 0.3) is 5.56 Å². The van der Waals surface area contributed by atoms with Crippen LogP contribution in [0, 0.1) is 35.5 Å². The lowest BCUT2D eigenvalue weighted by atomic mass is 10.1. The molecule has 1 saturated heterocycles. The van der Waals surface area contributed by atoms with Crippen LogP contribution in [0.1, 0.15) is 31.0 Å². The molecule has 0 aliphatic carbocycles. The van der Waals surface area contributed by atoms with Crippen LogP contribution in [0.5, 0.6) is 0 Å². The molecule has 0 amide bonds. The number of nitriles is 1. The lowest BCUT2D eigenvalue weighted by Crippen LogP contribution is -2.44. The number of nitrogens with zero attached hydrogens (tertiary/aromatic N) is 7. The van der Waals surface area contributed by atoms with Crippen LogP contribution in [0.15, 0.2) is 27.9 Å². The fourth-order valence-corrected chi connectivity index (χ4v) is 4.41. The molecule has 3 aromatic heterocycles. The largest absolute Gasteiger partial charge is 0.451 e. The van der Waals surface area contributed by atoms with E-state index in [1.807, 2.05) is 11.0 Å². The van der Waals surface area contributed by atoms with Gasteiger partial charge >= 0.3 is 11.7 Å². The van der Waals surface area contributed by atoms with Gasteiger partial charge in [-0.1, -0.05) is 11.8 Å². The predicted octanol–water partition coefficient (Wildman–Crippen LogP) is -0.198. The number of rotatable bonds is 7. The Morgan fingerprint density at radius 2 is 2.13 bits per heavy atom. The number of imidazole rings is 1. The Hall–Kier alpha value is -4.86. The number of carbonyl (C=O) groups is 1. The van der Waals surface area contributed by atoms with Crippen molar-refractivity contribution in [2.45, 2.75) is 45.4 Å². The number of nitrogens with two attached hydrogens (primary N) is 1. The molecule has 4 heterocycles. The van der Waals surface area contributed by atoms with Crippen LogP contribution in [-0.4, -0.2) is 55.4 Å². The highest BCUT2D eigenvalue weighted by Gasteiger charge is 2.28. The Morgan fingerprint density at radius 3 is 2.84 bits per heavy atom. The number of hydrogen-bond donors (Lipinski definition) is 1. The molecule has 4 rings (SSSR count). The number of esters is 1. The van der Waals surface area contributed by atoms with E-state index >= 15 is 0 Å². The normalized spacial score (nSPS) is 14.8. The van der Waals surface area contributed by atoms with E-state index < -0.39 is 23.8 Å². The second kappa shape index (κ2) is 11.5. The first-order valence-corrected chi connectivity index (χ1v) is 12.0. The molecular weight excluding hydrogens is 488 g/mol. The zero-order valence-corrected chi connectivity index (χ0v) is 20.9. The van der Waals surface area contributed by atoms with Crippen LogP contribution in [0.25, 0.3) is 11.2 Å². The smallest absolute Gasteiger partial charge is 0.333 e. The third kappa shape index (κ3) is 5.15. The molecule has 0 spiro atoms. The Bertz CT molecular complexity index is 1640. The van der Waals surface area contributed by atoms with Crippen molar-refractivity contribution in [3.63, 3.8) is 0 Å². The van der Waals surface area contributed by atoms with Gasteiger partial charge in [0.1, 0.15) is 12.6 Å². The van der Waals surface area contributed by atoms with Crippen molar-refractivity contribution in [2.75, 3.05) is 24.6 Å². The fraction of sp³-hybridized carbons (Fsp3) is 0.385. The Kier molecular flexibility index (Phi) is 7.91. The van der Waals surface area contributed by atoms with Crippen molar-refractivity contribution in [3.05, 3.63) is 50.4 Å². The van der Waals surface area contributed by atoms with E-state index in [1.54, 1.807) is 23.6 Å². The van der Waals surface area contributed by atoms with E-state index in [4.69, 9.17) is 16.9 Å². The molecule has 0 radical (unpaired) electrons. The number of pyridine rings is 1. The van der Waals surface area contributed by atoms with Crippen molar-refractivity contribution in [3.8, 4) is 30.3 Å². The summed E-state index contributed by atoms with van der Waals surface area (Å²) >= 11 is 0. The van der Waals surface area contributed by atoms with Gasteiger partial charge in [-0.2, -0.15) is 10.2 Å². The molecule has 1 fully saturated rings. The van der Waals surface area contributed by atoms with E-state index in [-0.39, 0.29) is 48.2 Å². The highest BCUT2D eigenvalue weighted by molar-refractivity contribution is 5.77. The molecule has 0 saturated carbocycles. The second-order valence-corrected chi connectivity index (χ2v) is 8.68. The van der Waals surface area contributed by atoms with Gasteiger partial charge < -0.3 is 15.4 Å². The third-order valence-corrected chi connectivity index (χ3v) is 6.17. The highest BCUT2D eigenvalue weighted by Crippen LogP contribution is 2.23. The Balaban J connectivity index is 1.99. The average Bonchev–Trinajstić information content (AvgIpc) is 3.30. The van der Waals surface area contributed by atoms with E-state index in [0.29, 0.717) is 19.0 Å². The maximum absolute atomic E-state index is 13.9. The van der Waals surface area contributed by atoms with Gasteiger partial charge in [-0.05, 0) is 31.9 Å². The summed E-state index contributed by atoms with van der Waals surface area (Å²) in [6, 6.07) is 5.06. The molecule has 1 unspecified atom stereocenters. The fourth-order valence-electron chi connectivity index (χ4n) is 4.41. The lowest BCUT2D eigenvalue weighted by Gasteiger charge is -2.31. The summed E-state index contributed by atoms with van der Waals surface area (Å²) in [5.41, 5.74) is 5.30. The van der Waals surface area contributed by atoms with E-state index in [9.17, 15) is 19.6 Å². The first kappa shape index (κ1) is 26.2. The Morgan fingerprint density at radius 1 is 1.32 bits per heavy atom. The molecule has 1 atom stereocenters. The molecule has 0 aromatic carbocycles. The molecule has 1 aliphatic rings. The van der Waals surface area contributed by atoms with Crippen LogP contribution < -0.4 is 21.9 Å². The third-order valence-electron chi connectivity index (χ3n) is 6.17. The number of anilines is 1. The number of ether oxygens (including phenoxy) is 1. The number of piperidine rings is 1. The van der Waals surface area contributed by atoms with Crippen LogP contribution in [0.4, 0.5) is 5.95 Å². The average molecular weight is 515 g/mol. The molecule has 3 aromatic rings. The van der Waals surface area contributed by atoms with Crippen LogP contribution in [-0.2, 0) is 29.2 Å². The number of carbonyl (C=O) groups excluding carboxylic acids is 1. The van der Waals surface area contributed by atoms with Gasteiger partial charge in [-0.15, -0.1) is 12.3 Å². The molecule has 1 aliphatic heterocycles. The van der Waals surface area contributed by atoms with Gasteiger partial charge in [-0.3, -0.25) is 28.3 Å². The van der Waals surface area contributed by atoms with Crippen LogP contribution >= 0.6 is 0 Å². The van der Waals surface area contributed by atoms with Crippen molar-refractivity contribution >= 4 is 23.1 Å². The quantitative estimate of drug-likeness (QED) is 0.333. The van der Waals surface area contributed by atoms with Gasteiger partial charge in [0.05, 0.1) is 24.3 Å². The number of hydrogen-bond acceptors (Lipinski definition) is 9. The summed E-state index contributed by atoms with van der Waals surface area (Å²) in [7, 11) is 0. The second-order valence-electron chi connectivity index (χ2n) is 8.68. The van der Waals surface area contributed by atoms with Crippen molar-refractivity contribution < 1.29 is 9.53 Å². The Labute approximate surface area is 218 Å². The SMILES string of the molecule is C#CCOC(=O)Cn1c(=O)n(Cc2ncccc2C#N)c(=O)c2c1nc(N1CCCC(N)C1)n2CC#CC. The van der Waals surface area contributed by atoms with Gasteiger partial charge in [-0.25, -0.2) is 4.79 Å². The number of fused-ring (bicyclic) bond motifs is 1. The highest BCUT2D eigenvalue weighted by atomic mass is 16.5. The molecule has 0 bridgehead atoms. The monoisotopic (exact) mass is 514 g/mol. The van der Waals surface area contributed by atoms with Crippen molar-refractivity contribution in [1.29, 1.82) is 5.26 Å². The van der Waals surface area contributed by atoms with E-state index in [1.165, 1.54) is 6.20 Å². The van der Waals surface area contributed by atoms with Crippen LogP contribution in [0.2, 0.25) is 0 Å². The van der Waals surface area contributed by atoms with E-state index in [0.717, 1.165) is 22.0 Å². The first-order chi connectivity index (χ1) is 18.4.